The molecule has 0 radical (unpaired) electrons. The van der Waals surface area contributed by atoms with Gasteiger partial charge in [0.2, 0.25) is 5.91 Å². The van der Waals surface area contributed by atoms with Crippen molar-refractivity contribution in [2.45, 2.75) is 71.9 Å². The van der Waals surface area contributed by atoms with Crippen molar-refractivity contribution < 1.29 is 14.4 Å². The van der Waals surface area contributed by atoms with Crippen LogP contribution in [0.5, 0.6) is 0 Å². The van der Waals surface area contributed by atoms with E-state index < -0.39 is 0 Å². The van der Waals surface area contributed by atoms with Gasteiger partial charge in [0.05, 0.1) is 10.6 Å². The SMILES string of the molecule is CCn1c(C(=O)Nc2ccc(C3CCCCC3)cc2)cc2cc(NC(=O)c3cc(CNC(=O)C(C)C)ccc3Cl)ccc21. The zero-order valence-electron chi connectivity index (χ0n) is 25.0. The number of carbonyl (C=O) groups is 3. The molecule has 0 spiro atoms. The van der Waals surface area contributed by atoms with E-state index in [1.807, 2.05) is 61.7 Å². The number of rotatable bonds is 9. The van der Waals surface area contributed by atoms with Gasteiger partial charge in [-0.15, -0.1) is 0 Å². The molecule has 1 heterocycles. The third kappa shape index (κ3) is 7.11. The molecule has 43 heavy (non-hydrogen) atoms. The maximum Gasteiger partial charge on any atom is 0.272 e. The van der Waals surface area contributed by atoms with Crippen molar-refractivity contribution in [3.05, 3.63) is 94.1 Å². The lowest BCUT2D eigenvalue weighted by molar-refractivity contribution is -0.124. The Labute approximate surface area is 258 Å². The number of nitrogens with one attached hydrogen (secondary N) is 3. The Balaban J connectivity index is 1.30. The summed E-state index contributed by atoms with van der Waals surface area (Å²) in [5.74, 6) is -0.105. The van der Waals surface area contributed by atoms with E-state index in [1.165, 1.54) is 37.7 Å². The second-order valence-electron chi connectivity index (χ2n) is 11.6. The van der Waals surface area contributed by atoms with Gasteiger partial charge in [0.1, 0.15) is 5.69 Å². The fourth-order valence-corrected chi connectivity index (χ4v) is 6.00. The van der Waals surface area contributed by atoms with Crippen LogP contribution in [0.4, 0.5) is 11.4 Å². The van der Waals surface area contributed by atoms with Gasteiger partial charge in [0, 0.05) is 41.3 Å². The molecule has 0 unspecified atom stereocenters. The molecule has 1 aliphatic rings. The molecule has 8 heteroatoms. The number of amides is 3. The van der Waals surface area contributed by atoms with E-state index in [-0.39, 0.29) is 23.6 Å². The largest absolute Gasteiger partial charge is 0.352 e. The standard InChI is InChI=1S/C35H39ClN4O3/c1-4-40-31-17-15-28(39-34(42)29-18-23(10-16-30(29)36)21-37-33(41)22(2)3)19-26(31)20-32(40)35(43)38-27-13-11-25(12-14-27)24-8-6-5-7-9-24/h10-20,22,24H,4-9,21H2,1-3H3,(H,37,41)(H,38,43)(H,39,42). The third-order valence-corrected chi connectivity index (χ3v) is 8.55. The highest BCUT2D eigenvalue weighted by Crippen LogP contribution is 2.33. The molecule has 4 aromatic rings. The first-order valence-electron chi connectivity index (χ1n) is 15.2. The molecule has 5 rings (SSSR count). The van der Waals surface area contributed by atoms with Crippen molar-refractivity contribution in [3.8, 4) is 0 Å². The smallest absolute Gasteiger partial charge is 0.272 e. The van der Waals surface area contributed by atoms with Gasteiger partial charge in [0.15, 0.2) is 0 Å². The maximum atomic E-state index is 13.4. The van der Waals surface area contributed by atoms with Crippen LogP contribution in [0.1, 0.15) is 90.8 Å². The molecular formula is C35H39ClN4O3. The van der Waals surface area contributed by atoms with Crippen LogP contribution in [-0.2, 0) is 17.9 Å². The van der Waals surface area contributed by atoms with Crippen LogP contribution in [-0.4, -0.2) is 22.3 Å². The average molecular weight is 599 g/mol. The monoisotopic (exact) mass is 598 g/mol. The molecule has 7 nitrogen and oxygen atoms in total. The molecule has 0 aliphatic heterocycles. The normalized spacial score (nSPS) is 13.7. The summed E-state index contributed by atoms with van der Waals surface area (Å²) in [6.45, 7) is 6.58. The molecular weight excluding hydrogens is 560 g/mol. The van der Waals surface area contributed by atoms with Gasteiger partial charge in [-0.1, -0.05) is 62.9 Å². The van der Waals surface area contributed by atoms with Gasteiger partial charge in [-0.25, -0.2) is 0 Å². The van der Waals surface area contributed by atoms with Crippen molar-refractivity contribution in [2.75, 3.05) is 10.6 Å². The zero-order chi connectivity index (χ0) is 30.5. The molecule has 3 amide bonds. The Kier molecular flexibility index (Phi) is 9.51. The summed E-state index contributed by atoms with van der Waals surface area (Å²) < 4.78 is 1.97. The van der Waals surface area contributed by atoms with Crippen LogP contribution in [0.15, 0.2) is 66.7 Å². The number of nitrogens with zero attached hydrogens (tertiary/aromatic N) is 1. The molecule has 1 fully saturated rings. The Morgan fingerprint density at radius 1 is 0.860 bits per heavy atom. The maximum absolute atomic E-state index is 13.4. The average Bonchev–Trinajstić information content (AvgIpc) is 3.39. The fourth-order valence-electron chi connectivity index (χ4n) is 5.80. The van der Waals surface area contributed by atoms with Gasteiger partial charge in [-0.3, -0.25) is 14.4 Å². The number of fused-ring (bicyclic) bond motifs is 1. The fraction of sp³-hybridized carbons (Fsp3) is 0.343. The van der Waals surface area contributed by atoms with E-state index in [4.69, 9.17) is 11.6 Å². The van der Waals surface area contributed by atoms with Crippen LogP contribution in [0, 0.1) is 5.92 Å². The van der Waals surface area contributed by atoms with Crippen molar-refractivity contribution >= 4 is 51.6 Å². The van der Waals surface area contributed by atoms with Crippen LogP contribution >= 0.6 is 11.6 Å². The van der Waals surface area contributed by atoms with Crippen LogP contribution < -0.4 is 16.0 Å². The second kappa shape index (κ2) is 13.5. The Morgan fingerprint density at radius 2 is 1.56 bits per heavy atom. The second-order valence-corrected chi connectivity index (χ2v) is 12.0. The summed E-state index contributed by atoms with van der Waals surface area (Å²) in [5.41, 5.74) is 5.26. The molecule has 0 saturated heterocycles. The Bertz CT molecular complexity index is 1640. The van der Waals surface area contributed by atoms with E-state index >= 15 is 0 Å². The lowest BCUT2D eigenvalue weighted by Gasteiger charge is -2.22. The predicted octanol–water partition coefficient (Wildman–Crippen LogP) is 8.14. The number of hydrogen-bond acceptors (Lipinski definition) is 3. The number of carbonyl (C=O) groups excluding carboxylic acids is 3. The lowest BCUT2D eigenvalue weighted by Crippen LogP contribution is -2.27. The third-order valence-electron chi connectivity index (χ3n) is 8.22. The van der Waals surface area contributed by atoms with Gasteiger partial charge in [-0.2, -0.15) is 0 Å². The topological polar surface area (TPSA) is 92.2 Å². The minimum absolute atomic E-state index is 0.0612. The highest BCUT2D eigenvalue weighted by molar-refractivity contribution is 6.34. The number of aryl methyl sites for hydroxylation is 1. The molecule has 3 N–H and O–H groups in total. The Hall–Kier alpha value is -4.10. The summed E-state index contributed by atoms with van der Waals surface area (Å²) in [7, 11) is 0. The number of aromatic nitrogens is 1. The summed E-state index contributed by atoms with van der Waals surface area (Å²) in [6, 6.07) is 20.8. The minimum Gasteiger partial charge on any atom is -0.352 e. The van der Waals surface area contributed by atoms with Crippen LogP contribution in [0.25, 0.3) is 10.9 Å². The summed E-state index contributed by atoms with van der Waals surface area (Å²) in [5, 5.41) is 10.0. The minimum atomic E-state index is -0.356. The van der Waals surface area contributed by atoms with Gasteiger partial charge in [-0.05, 0) is 85.3 Å². The molecule has 3 aromatic carbocycles. The van der Waals surface area contributed by atoms with E-state index in [0.717, 1.165) is 22.2 Å². The Morgan fingerprint density at radius 3 is 2.26 bits per heavy atom. The molecule has 0 bridgehead atoms. The molecule has 1 saturated carbocycles. The first kappa shape index (κ1) is 30.4. The van der Waals surface area contributed by atoms with Crippen LogP contribution in [0.2, 0.25) is 5.02 Å². The van der Waals surface area contributed by atoms with Gasteiger partial charge >= 0.3 is 0 Å². The quantitative estimate of drug-likeness (QED) is 0.181. The predicted molar refractivity (Wildman–Crippen MR) is 174 cm³/mol. The number of benzene rings is 3. The van der Waals surface area contributed by atoms with Crippen molar-refractivity contribution in [2.24, 2.45) is 5.92 Å². The number of hydrogen-bond donors (Lipinski definition) is 3. The summed E-state index contributed by atoms with van der Waals surface area (Å²) in [6.07, 6.45) is 6.38. The van der Waals surface area contributed by atoms with Crippen LogP contribution in [0.3, 0.4) is 0 Å². The first-order chi connectivity index (χ1) is 20.7. The molecule has 1 aromatic heterocycles. The van der Waals surface area contributed by atoms with E-state index in [0.29, 0.717) is 41.0 Å². The van der Waals surface area contributed by atoms with Crippen molar-refractivity contribution in [1.29, 1.82) is 0 Å². The summed E-state index contributed by atoms with van der Waals surface area (Å²) in [4.78, 5) is 38.5. The number of halogens is 1. The van der Waals surface area contributed by atoms with Crippen molar-refractivity contribution in [1.82, 2.24) is 9.88 Å². The highest BCUT2D eigenvalue weighted by atomic mass is 35.5. The lowest BCUT2D eigenvalue weighted by atomic mass is 9.84. The van der Waals surface area contributed by atoms with Gasteiger partial charge < -0.3 is 20.5 Å². The van der Waals surface area contributed by atoms with E-state index in [1.54, 1.807) is 18.2 Å². The van der Waals surface area contributed by atoms with Gasteiger partial charge in [0.25, 0.3) is 11.8 Å². The van der Waals surface area contributed by atoms with Crippen molar-refractivity contribution in [3.63, 3.8) is 0 Å². The van der Waals surface area contributed by atoms with E-state index in [9.17, 15) is 14.4 Å². The molecule has 224 valence electrons. The van der Waals surface area contributed by atoms with E-state index in [2.05, 4.69) is 28.1 Å². The highest BCUT2D eigenvalue weighted by Gasteiger charge is 2.19. The summed E-state index contributed by atoms with van der Waals surface area (Å²) >= 11 is 6.36. The number of anilines is 2. The molecule has 1 aliphatic carbocycles. The molecule has 0 atom stereocenters. The zero-order valence-corrected chi connectivity index (χ0v) is 25.8. The first-order valence-corrected chi connectivity index (χ1v) is 15.5.